The van der Waals surface area contributed by atoms with Gasteiger partial charge in [0.15, 0.2) is 6.29 Å². The zero-order valence-corrected chi connectivity index (χ0v) is 25.9. The van der Waals surface area contributed by atoms with E-state index in [1.54, 1.807) is 0 Å². The molecule has 2 unspecified atom stereocenters. The highest BCUT2D eigenvalue weighted by Gasteiger charge is 2.24. The Labute approximate surface area is 234 Å². The van der Waals surface area contributed by atoms with Gasteiger partial charge in [-0.25, -0.2) is 0 Å². The first-order chi connectivity index (χ1) is 18.4. The Morgan fingerprint density at radius 3 is 1.03 bits per heavy atom. The lowest BCUT2D eigenvalue weighted by atomic mass is 10.0. The molecule has 1 heterocycles. The van der Waals surface area contributed by atoms with Crippen LogP contribution in [0.3, 0.4) is 0 Å². The van der Waals surface area contributed by atoms with E-state index in [-0.39, 0.29) is 6.29 Å². The van der Waals surface area contributed by atoms with Crippen LogP contribution in [0, 0.1) is 0 Å². The predicted molar refractivity (Wildman–Crippen MR) is 164 cm³/mol. The Hall–Kier alpha value is -0.0800. The molecule has 1 rings (SSSR count). The van der Waals surface area contributed by atoms with E-state index in [1.807, 2.05) is 0 Å². The molecule has 0 bridgehead atoms. The molecule has 0 amide bonds. The lowest BCUT2D eigenvalue weighted by Crippen LogP contribution is -2.12. The number of hydrogen-bond donors (Lipinski definition) is 0. The van der Waals surface area contributed by atoms with Crippen molar-refractivity contribution in [2.24, 2.45) is 0 Å². The van der Waals surface area contributed by atoms with E-state index in [0.29, 0.717) is 6.10 Å². The lowest BCUT2D eigenvalue weighted by molar-refractivity contribution is -0.0643. The van der Waals surface area contributed by atoms with Crippen LogP contribution in [0.5, 0.6) is 0 Å². The second-order valence-electron chi connectivity index (χ2n) is 12.3. The topological polar surface area (TPSA) is 18.5 Å². The highest BCUT2D eigenvalue weighted by molar-refractivity contribution is 4.66. The van der Waals surface area contributed by atoms with Crippen molar-refractivity contribution < 1.29 is 9.47 Å². The molecule has 0 radical (unpaired) electrons. The van der Waals surface area contributed by atoms with Gasteiger partial charge in [-0.1, -0.05) is 187 Å². The van der Waals surface area contributed by atoms with Crippen LogP contribution in [0.25, 0.3) is 0 Å². The Morgan fingerprint density at radius 1 is 0.378 bits per heavy atom. The Balaban J connectivity index is 1.74. The summed E-state index contributed by atoms with van der Waals surface area (Å²) >= 11 is 0. The van der Waals surface area contributed by atoms with Crippen molar-refractivity contribution in [3.05, 3.63) is 0 Å². The van der Waals surface area contributed by atoms with Gasteiger partial charge >= 0.3 is 0 Å². The number of ether oxygens (including phenoxy) is 2. The molecule has 0 aromatic carbocycles. The molecule has 0 aliphatic carbocycles. The Kier molecular flexibility index (Phi) is 27.3. The van der Waals surface area contributed by atoms with Crippen molar-refractivity contribution in [3.63, 3.8) is 0 Å². The van der Waals surface area contributed by atoms with Crippen LogP contribution in [-0.4, -0.2) is 19.0 Å². The average molecular weight is 523 g/mol. The average Bonchev–Trinajstić information content (AvgIpc) is 3.36. The normalized spacial score (nSPS) is 17.7. The van der Waals surface area contributed by atoms with Crippen LogP contribution >= 0.6 is 0 Å². The maximum Gasteiger partial charge on any atom is 0.158 e. The van der Waals surface area contributed by atoms with Crippen LogP contribution in [-0.2, 0) is 9.47 Å². The quantitative estimate of drug-likeness (QED) is 0.0873. The highest BCUT2D eigenvalue weighted by Crippen LogP contribution is 2.22. The van der Waals surface area contributed by atoms with Gasteiger partial charge in [-0.2, -0.15) is 0 Å². The zero-order chi connectivity index (χ0) is 26.5. The van der Waals surface area contributed by atoms with E-state index in [2.05, 4.69) is 13.8 Å². The van der Waals surface area contributed by atoms with Gasteiger partial charge in [0.2, 0.25) is 0 Å². The van der Waals surface area contributed by atoms with Crippen molar-refractivity contribution in [3.8, 4) is 0 Å². The van der Waals surface area contributed by atoms with E-state index in [4.69, 9.17) is 9.47 Å². The molecule has 0 N–H and O–H groups in total. The summed E-state index contributed by atoms with van der Waals surface area (Å²) in [7, 11) is 0. The SMILES string of the molecule is CCCCCCCCCCCCCCCCC1COC(CCCCCCCCCCCCCCCC)O1. The fourth-order valence-corrected chi connectivity index (χ4v) is 5.88. The first-order valence-corrected chi connectivity index (χ1v) is 17.6. The molecule has 1 aliphatic rings. The maximum absolute atomic E-state index is 6.17. The summed E-state index contributed by atoms with van der Waals surface area (Å²) in [5.41, 5.74) is 0. The standard InChI is InChI=1S/C35H70O2/c1-3-5-7-9-11-13-15-17-19-21-23-25-27-29-31-34-33-36-35(37-34)32-30-28-26-24-22-20-18-16-14-12-10-8-6-4-2/h34-35H,3-33H2,1-2H3. The molecule has 222 valence electrons. The summed E-state index contributed by atoms with van der Waals surface area (Å²) in [5, 5.41) is 0. The van der Waals surface area contributed by atoms with Crippen molar-refractivity contribution in [1.82, 2.24) is 0 Å². The maximum atomic E-state index is 6.17. The molecule has 1 saturated heterocycles. The van der Waals surface area contributed by atoms with Crippen LogP contribution in [0.15, 0.2) is 0 Å². The zero-order valence-electron chi connectivity index (χ0n) is 25.9. The summed E-state index contributed by atoms with van der Waals surface area (Å²) in [6.07, 6.45) is 42.6. The molecule has 2 heteroatoms. The van der Waals surface area contributed by atoms with Crippen molar-refractivity contribution >= 4 is 0 Å². The van der Waals surface area contributed by atoms with Gasteiger partial charge in [-0.15, -0.1) is 0 Å². The van der Waals surface area contributed by atoms with Crippen LogP contribution in [0.2, 0.25) is 0 Å². The number of hydrogen-bond acceptors (Lipinski definition) is 2. The molecule has 0 spiro atoms. The van der Waals surface area contributed by atoms with E-state index in [9.17, 15) is 0 Å². The second-order valence-corrected chi connectivity index (χ2v) is 12.3. The highest BCUT2D eigenvalue weighted by atomic mass is 16.7. The third kappa shape index (κ3) is 24.7. The number of unbranched alkanes of at least 4 members (excludes halogenated alkanes) is 26. The Morgan fingerprint density at radius 2 is 0.676 bits per heavy atom. The molecule has 1 aliphatic heterocycles. The van der Waals surface area contributed by atoms with E-state index < -0.39 is 0 Å². The van der Waals surface area contributed by atoms with Gasteiger partial charge < -0.3 is 9.47 Å². The second kappa shape index (κ2) is 28.9. The monoisotopic (exact) mass is 523 g/mol. The molecule has 0 aromatic heterocycles. The fourth-order valence-electron chi connectivity index (χ4n) is 5.88. The smallest absolute Gasteiger partial charge is 0.158 e. The lowest BCUT2D eigenvalue weighted by Gasteiger charge is -2.11. The molecular formula is C35H70O2. The summed E-state index contributed by atoms with van der Waals surface area (Å²) in [4.78, 5) is 0. The molecule has 2 nitrogen and oxygen atoms in total. The summed E-state index contributed by atoms with van der Waals surface area (Å²) in [6.45, 7) is 5.43. The van der Waals surface area contributed by atoms with E-state index in [0.717, 1.165) is 13.0 Å². The first kappa shape index (κ1) is 34.9. The van der Waals surface area contributed by atoms with Gasteiger partial charge in [0.25, 0.3) is 0 Å². The van der Waals surface area contributed by atoms with Crippen molar-refractivity contribution in [1.29, 1.82) is 0 Å². The summed E-state index contributed by atoms with van der Waals surface area (Å²) < 4.78 is 12.1. The van der Waals surface area contributed by atoms with Crippen molar-refractivity contribution in [2.45, 2.75) is 219 Å². The minimum Gasteiger partial charge on any atom is -0.350 e. The van der Waals surface area contributed by atoms with Gasteiger partial charge in [0, 0.05) is 0 Å². The van der Waals surface area contributed by atoms with Crippen LogP contribution in [0.1, 0.15) is 206 Å². The van der Waals surface area contributed by atoms with Crippen LogP contribution < -0.4 is 0 Å². The van der Waals surface area contributed by atoms with Gasteiger partial charge in [0.05, 0.1) is 12.7 Å². The van der Waals surface area contributed by atoms with Gasteiger partial charge in [-0.3, -0.25) is 0 Å². The Bertz CT molecular complexity index is 385. The number of rotatable bonds is 30. The van der Waals surface area contributed by atoms with Gasteiger partial charge in [0.1, 0.15) is 0 Å². The molecule has 1 fully saturated rings. The minimum absolute atomic E-state index is 0.0916. The van der Waals surface area contributed by atoms with E-state index in [1.165, 1.54) is 186 Å². The van der Waals surface area contributed by atoms with E-state index >= 15 is 0 Å². The fraction of sp³-hybridized carbons (Fsp3) is 1.00. The summed E-state index contributed by atoms with van der Waals surface area (Å²) in [6, 6.07) is 0. The third-order valence-electron chi connectivity index (χ3n) is 8.49. The first-order valence-electron chi connectivity index (χ1n) is 17.6. The summed E-state index contributed by atoms with van der Waals surface area (Å²) in [5.74, 6) is 0. The third-order valence-corrected chi connectivity index (χ3v) is 8.49. The molecule has 2 atom stereocenters. The van der Waals surface area contributed by atoms with Crippen LogP contribution in [0.4, 0.5) is 0 Å². The molecule has 0 aromatic rings. The molecule has 0 saturated carbocycles. The predicted octanol–water partition coefficient (Wildman–Crippen LogP) is 12.5. The molecule has 37 heavy (non-hydrogen) atoms. The molecular weight excluding hydrogens is 452 g/mol. The van der Waals surface area contributed by atoms with Gasteiger partial charge in [-0.05, 0) is 19.3 Å². The minimum atomic E-state index is 0.0916. The largest absolute Gasteiger partial charge is 0.350 e. The van der Waals surface area contributed by atoms with Crippen molar-refractivity contribution in [2.75, 3.05) is 6.61 Å².